The van der Waals surface area contributed by atoms with Crippen LogP contribution in [0.15, 0.2) is 41.3 Å². The van der Waals surface area contributed by atoms with Crippen LogP contribution < -0.4 is 5.48 Å². The molecule has 0 radical (unpaired) electrons. The average molecular weight is 398 g/mol. The van der Waals surface area contributed by atoms with Crippen LogP contribution in [0.3, 0.4) is 0 Å². The number of rotatable bonds is 4. The number of sulfone groups is 1. The molecule has 1 atom stereocenters. The molecule has 8 heteroatoms. The van der Waals surface area contributed by atoms with E-state index in [9.17, 15) is 17.6 Å². The van der Waals surface area contributed by atoms with E-state index in [0.717, 1.165) is 11.1 Å². The van der Waals surface area contributed by atoms with Gasteiger partial charge in [0.1, 0.15) is 5.82 Å². The Balaban J connectivity index is 1.81. The first-order chi connectivity index (χ1) is 12.3. The van der Waals surface area contributed by atoms with Crippen molar-refractivity contribution >= 4 is 27.3 Å². The van der Waals surface area contributed by atoms with Crippen LogP contribution in [0, 0.1) is 11.7 Å². The standard InChI is InChI=1S/C18H17ClFNO4S/c19-14-3-5-15(6-4-14)26(24,25)10-11-1-2-12-9-17(20)16(18(22)21-23)8-13(12)7-11/h3-6,8-9,11,23H,1-2,7,10H2,(H,21,22). The van der Waals surface area contributed by atoms with Crippen molar-refractivity contribution in [2.45, 2.75) is 24.2 Å². The van der Waals surface area contributed by atoms with Gasteiger partial charge in [0.05, 0.1) is 16.2 Å². The molecule has 138 valence electrons. The highest BCUT2D eigenvalue weighted by Crippen LogP contribution is 2.30. The van der Waals surface area contributed by atoms with Crippen LogP contribution in [0.25, 0.3) is 0 Å². The van der Waals surface area contributed by atoms with Gasteiger partial charge in [-0.15, -0.1) is 0 Å². The van der Waals surface area contributed by atoms with E-state index < -0.39 is 21.6 Å². The van der Waals surface area contributed by atoms with Crippen LogP contribution in [0.5, 0.6) is 0 Å². The predicted octanol–water partition coefficient (Wildman–Crippen LogP) is 3.18. The molecule has 0 saturated carbocycles. The summed E-state index contributed by atoms with van der Waals surface area (Å²) in [5.41, 5.74) is 2.65. The second kappa shape index (κ2) is 7.34. The zero-order valence-corrected chi connectivity index (χ0v) is 15.3. The fourth-order valence-electron chi connectivity index (χ4n) is 3.28. The summed E-state index contributed by atoms with van der Waals surface area (Å²) in [6.07, 6.45) is 1.58. The molecule has 2 aromatic carbocycles. The summed E-state index contributed by atoms with van der Waals surface area (Å²) >= 11 is 5.80. The van der Waals surface area contributed by atoms with Gasteiger partial charge in [0, 0.05) is 5.02 Å². The Morgan fingerprint density at radius 3 is 2.58 bits per heavy atom. The van der Waals surface area contributed by atoms with Crippen molar-refractivity contribution in [1.29, 1.82) is 0 Å². The Morgan fingerprint density at radius 1 is 1.23 bits per heavy atom. The molecule has 0 saturated heterocycles. The van der Waals surface area contributed by atoms with E-state index in [0.29, 0.717) is 24.3 Å². The average Bonchev–Trinajstić information content (AvgIpc) is 2.61. The van der Waals surface area contributed by atoms with Gasteiger partial charge in [0.25, 0.3) is 5.91 Å². The molecular formula is C18H17ClFNO4S. The van der Waals surface area contributed by atoms with Gasteiger partial charge >= 0.3 is 0 Å². The number of halogens is 2. The van der Waals surface area contributed by atoms with Crippen LogP contribution in [-0.4, -0.2) is 25.3 Å². The van der Waals surface area contributed by atoms with Crippen molar-refractivity contribution in [2.24, 2.45) is 5.92 Å². The Hall–Kier alpha value is -1.96. The summed E-state index contributed by atoms with van der Waals surface area (Å²) in [6.45, 7) is 0. The van der Waals surface area contributed by atoms with E-state index in [1.807, 2.05) is 0 Å². The molecule has 0 fully saturated rings. The molecule has 0 heterocycles. The van der Waals surface area contributed by atoms with Gasteiger partial charge in [0.2, 0.25) is 0 Å². The number of aryl methyl sites for hydroxylation is 1. The minimum atomic E-state index is -3.47. The quantitative estimate of drug-likeness (QED) is 0.613. The first kappa shape index (κ1) is 18.8. The van der Waals surface area contributed by atoms with E-state index >= 15 is 0 Å². The molecule has 1 aliphatic carbocycles. The lowest BCUT2D eigenvalue weighted by Gasteiger charge is -2.25. The number of benzene rings is 2. The fraction of sp³-hybridized carbons (Fsp3) is 0.278. The highest BCUT2D eigenvalue weighted by atomic mass is 35.5. The number of nitrogens with one attached hydrogen (secondary N) is 1. The number of amides is 1. The van der Waals surface area contributed by atoms with Gasteiger partial charge in [-0.3, -0.25) is 10.0 Å². The first-order valence-corrected chi connectivity index (χ1v) is 10.1. The molecule has 2 N–H and O–H groups in total. The minimum absolute atomic E-state index is 0.0347. The zero-order chi connectivity index (χ0) is 18.9. The summed E-state index contributed by atoms with van der Waals surface area (Å²) in [5, 5.41) is 9.18. The molecule has 0 bridgehead atoms. The van der Waals surface area contributed by atoms with Gasteiger partial charge in [-0.1, -0.05) is 11.6 Å². The van der Waals surface area contributed by atoms with Crippen LogP contribution in [0.2, 0.25) is 5.02 Å². The topological polar surface area (TPSA) is 83.5 Å². The third-order valence-corrected chi connectivity index (χ3v) is 6.75. The summed E-state index contributed by atoms with van der Waals surface area (Å²) in [4.78, 5) is 11.8. The van der Waals surface area contributed by atoms with E-state index in [1.165, 1.54) is 41.9 Å². The van der Waals surface area contributed by atoms with Crippen molar-refractivity contribution in [3.8, 4) is 0 Å². The normalized spacial score (nSPS) is 16.8. The number of hydrogen-bond donors (Lipinski definition) is 2. The van der Waals surface area contributed by atoms with E-state index in [-0.39, 0.29) is 22.1 Å². The second-order valence-electron chi connectivity index (χ2n) is 6.39. The Labute approximate surface area is 155 Å². The summed E-state index contributed by atoms with van der Waals surface area (Å²) in [5.74, 6) is -1.81. The lowest BCUT2D eigenvalue weighted by molar-refractivity contribution is 0.0701. The molecule has 1 amide bonds. The highest BCUT2D eigenvalue weighted by molar-refractivity contribution is 7.91. The maximum Gasteiger partial charge on any atom is 0.277 e. The second-order valence-corrected chi connectivity index (χ2v) is 8.86. The monoisotopic (exact) mass is 397 g/mol. The summed E-state index contributed by atoms with van der Waals surface area (Å²) in [7, 11) is -3.47. The lowest BCUT2D eigenvalue weighted by Crippen LogP contribution is -2.25. The predicted molar refractivity (Wildman–Crippen MR) is 94.7 cm³/mol. The van der Waals surface area contributed by atoms with Gasteiger partial charge in [0.15, 0.2) is 9.84 Å². The third kappa shape index (κ3) is 3.90. The van der Waals surface area contributed by atoms with Crippen LogP contribution in [0.4, 0.5) is 4.39 Å². The molecule has 5 nitrogen and oxygen atoms in total. The fourth-order valence-corrected chi connectivity index (χ4v) is 5.05. The molecule has 3 rings (SSSR count). The van der Waals surface area contributed by atoms with Crippen LogP contribution in [0.1, 0.15) is 27.9 Å². The lowest BCUT2D eigenvalue weighted by atomic mass is 9.84. The van der Waals surface area contributed by atoms with Crippen LogP contribution >= 0.6 is 11.6 Å². The first-order valence-electron chi connectivity index (χ1n) is 8.04. The van der Waals surface area contributed by atoms with Gasteiger partial charge in [-0.2, -0.15) is 0 Å². The van der Waals surface area contributed by atoms with E-state index in [4.69, 9.17) is 16.8 Å². The molecule has 1 aliphatic rings. The Bertz CT molecular complexity index is 944. The highest BCUT2D eigenvalue weighted by Gasteiger charge is 2.27. The summed E-state index contributed by atoms with van der Waals surface area (Å²) in [6, 6.07) is 8.70. The number of hydroxylamine groups is 1. The largest absolute Gasteiger partial charge is 0.288 e. The third-order valence-electron chi connectivity index (χ3n) is 4.59. The molecule has 1 unspecified atom stereocenters. The molecule has 2 aromatic rings. The number of hydrogen-bond acceptors (Lipinski definition) is 4. The summed E-state index contributed by atoms with van der Waals surface area (Å²) < 4.78 is 39.2. The minimum Gasteiger partial charge on any atom is -0.288 e. The van der Waals surface area contributed by atoms with Gasteiger partial charge < -0.3 is 0 Å². The van der Waals surface area contributed by atoms with Gasteiger partial charge in [-0.05, 0) is 72.7 Å². The van der Waals surface area contributed by atoms with Crippen molar-refractivity contribution < 1.29 is 22.8 Å². The SMILES string of the molecule is O=C(NO)c1cc2c(cc1F)CCC(CS(=O)(=O)c1ccc(Cl)cc1)C2. The number of carbonyl (C=O) groups excluding carboxylic acids is 1. The number of carbonyl (C=O) groups is 1. The molecular weight excluding hydrogens is 381 g/mol. The van der Waals surface area contributed by atoms with Crippen molar-refractivity contribution in [1.82, 2.24) is 5.48 Å². The van der Waals surface area contributed by atoms with Gasteiger partial charge in [-0.25, -0.2) is 18.3 Å². The van der Waals surface area contributed by atoms with Crippen molar-refractivity contribution in [3.05, 3.63) is 63.9 Å². The van der Waals surface area contributed by atoms with Crippen molar-refractivity contribution in [3.63, 3.8) is 0 Å². The maximum absolute atomic E-state index is 14.0. The van der Waals surface area contributed by atoms with E-state index in [1.54, 1.807) is 0 Å². The molecule has 0 aromatic heterocycles. The van der Waals surface area contributed by atoms with Crippen LogP contribution in [-0.2, 0) is 22.7 Å². The Kier molecular flexibility index (Phi) is 5.32. The van der Waals surface area contributed by atoms with Crippen molar-refractivity contribution in [2.75, 3.05) is 5.75 Å². The molecule has 0 spiro atoms. The smallest absolute Gasteiger partial charge is 0.277 e. The van der Waals surface area contributed by atoms with E-state index in [2.05, 4.69) is 0 Å². The number of fused-ring (bicyclic) bond motifs is 1. The zero-order valence-electron chi connectivity index (χ0n) is 13.7. The molecule has 26 heavy (non-hydrogen) atoms. The maximum atomic E-state index is 14.0. The molecule has 0 aliphatic heterocycles. The Morgan fingerprint density at radius 2 is 1.92 bits per heavy atom.